The fourth-order valence-electron chi connectivity index (χ4n) is 2.47. The third-order valence-corrected chi connectivity index (χ3v) is 4.04. The number of hydrogen-bond donors (Lipinski definition) is 2. The minimum atomic E-state index is -0.275. The molecule has 0 fully saturated rings. The van der Waals surface area contributed by atoms with E-state index in [0.29, 0.717) is 37.1 Å². The highest BCUT2D eigenvalue weighted by atomic mass is 16.5. The molecule has 0 aliphatic heterocycles. The fraction of sp³-hybridized carbons (Fsp3) is 0.400. The van der Waals surface area contributed by atoms with Crippen molar-refractivity contribution < 1.29 is 23.7 Å². The van der Waals surface area contributed by atoms with Gasteiger partial charge in [-0.2, -0.15) is 0 Å². The normalized spacial score (nSPS) is 11.4. The minimum Gasteiger partial charge on any atom is -0.493 e. The molecule has 0 saturated carbocycles. The average molecular weight is 389 g/mol. The lowest BCUT2D eigenvalue weighted by Gasteiger charge is -2.17. The number of amides is 2. The topological polar surface area (TPSA) is 90.9 Å². The molecule has 0 bridgehead atoms. The highest BCUT2D eigenvalue weighted by molar-refractivity contribution is 5.74. The van der Waals surface area contributed by atoms with Crippen LogP contribution in [-0.4, -0.2) is 45.6 Å². The summed E-state index contributed by atoms with van der Waals surface area (Å²) in [6.45, 7) is 3.20. The standard InChI is InChI=1S/C20H27N3O5/c1-14(16-6-7-17(26-3)18(11-16)27-4)23-20(24)22-13-15-5-8-19(21-12-15)28-10-9-25-2/h5-8,11-12,14H,9-10,13H2,1-4H3,(H2,22,23,24). The van der Waals surface area contributed by atoms with Crippen LogP contribution in [-0.2, 0) is 11.3 Å². The number of ether oxygens (including phenoxy) is 4. The first-order valence-electron chi connectivity index (χ1n) is 8.90. The third kappa shape index (κ3) is 6.31. The number of pyridine rings is 1. The maximum Gasteiger partial charge on any atom is 0.315 e. The lowest BCUT2D eigenvalue weighted by atomic mass is 10.1. The summed E-state index contributed by atoms with van der Waals surface area (Å²) in [6, 6.07) is 8.68. The van der Waals surface area contributed by atoms with Crippen LogP contribution in [0.15, 0.2) is 36.5 Å². The summed E-state index contributed by atoms with van der Waals surface area (Å²) in [7, 11) is 4.77. The molecule has 0 radical (unpaired) electrons. The first-order valence-corrected chi connectivity index (χ1v) is 8.90. The van der Waals surface area contributed by atoms with Gasteiger partial charge in [-0.05, 0) is 30.2 Å². The van der Waals surface area contributed by atoms with Gasteiger partial charge in [0.2, 0.25) is 5.88 Å². The van der Waals surface area contributed by atoms with Crippen molar-refractivity contribution in [2.45, 2.75) is 19.5 Å². The van der Waals surface area contributed by atoms with Crippen molar-refractivity contribution in [1.82, 2.24) is 15.6 Å². The van der Waals surface area contributed by atoms with Crippen LogP contribution in [0.2, 0.25) is 0 Å². The van der Waals surface area contributed by atoms with Gasteiger partial charge in [0, 0.05) is 25.9 Å². The monoisotopic (exact) mass is 389 g/mol. The molecule has 28 heavy (non-hydrogen) atoms. The summed E-state index contributed by atoms with van der Waals surface area (Å²) in [5.41, 5.74) is 1.78. The molecule has 0 aliphatic carbocycles. The summed E-state index contributed by atoms with van der Waals surface area (Å²) in [5.74, 6) is 1.78. The van der Waals surface area contributed by atoms with Crippen LogP contribution in [0.25, 0.3) is 0 Å². The number of aromatic nitrogens is 1. The Morgan fingerprint density at radius 2 is 1.86 bits per heavy atom. The molecule has 1 aromatic heterocycles. The lowest BCUT2D eigenvalue weighted by Crippen LogP contribution is -2.36. The summed E-state index contributed by atoms with van der Waals surface area (Å²) in [5, 5.41) is 5.71. The number of rotatable bonds is 10. The first-order chi connectivity index (χ1) is 13.6. The quantitative estimate of drug-likeness (QED) is 0.607. The van der Waals surface area contributed by atoms with Crippen molar-refractivity contribution in [2.24, 2.45) is 0 Å². The smallest absolute Gasteiger partial charge is 0.315 e. The van der Waals surface area contributed by atoms with Gasteiger partial charge in [-0.15, -0.1) is 0 Å². The van der Waals surface area contributed by atoms with Gasteiger partial charge in [-0.3, -0.25) is 0 Å². The molecule has 1 unspecified atom stereocenters. The van der Waals surface area contributed by atoms with Gasteiger partial charge in [0.1, 0.15) is 6.61 Å². The van der Waals surface area contributed by atoms with E-state index in [-0.39, 0.29) is 12.1 Å². The maximum absolute atomic E-state index is 12.2. The van der Waals surface area contributed by atoms with Crippen molar-refractivity contribution in [3.63, 3.8) is 0 Å². The Balaban J connectivity index is 1.83. The van der Waals surface area contributed by atoms with Gasteiger partial charge in [0.15, 0.2) is 11.5 Å². The molecule has 2 aromatic rings. The third-order valence-electron chi connectivity index (χ3n) is 4.04. The summed E-state index contributed by atoms with van der Waals surface area (Å²) in [4.78, 5) is 16.4. The fourth-order valence-corrected chi connectivity index (χ4v) is 2.47. The number of benzene rings is 1. The molecule has 0 spiro atoms. The predicted molar refractivity (Wildman–Crippen MR) is 105 cm³/mol. The Labute approximate surface area is 165 Å². The van der Waals surface area contributed by atoms with Crippen molar-refractivity contribution in [2.75, 3.05) is 34.5 Å². The van der Waals surface area contributed by atoms with E-state index in [1.807, 2.05) is 31.2 Å². The number of urea groups is 1. The molecule has 0 aliphatic rings. The molecule has 2 rings (SSSR count). The lowest BCUT2D eigenvalue weighted by molar-refractivity contribution is 0.143. The van der Waals surface area contributed by atoms with Crippen LogP contribution in [0, 0.1) is 0 Å². The van der Waals surface area contributed by atoms with Crippen LogP contribution >= 0.6 is 0 Å². The van der Waals surface area contributed by atoms with E-state index in [4.69, 9.17) is 18.9 Å². The van der Waals surface area contributed by atoms with Crippen molar-refractivity contribution >= 4 is 6.03 Å². The zero-order chi connectivity index (χ0) is 20.4. The Morgan fingerprint density at radius 1 is 1.07 bits per heavy atom. The number of methoxy groups -OCH3 is 3. The molecule has 0 saturated heterocycles. The van der Waals surface area contributed by atoms with Crippen molar-refractivity contribution in [3.8, 4) is 17.4 Å². The van der Waals surface area contributed by atoms with Crippen LogP contribution in [0.3, 0.4) is 0 Å². The Morgan fingerprint density at radius 3 is 2.50 bits per heavy atom. The number of carbonyl (C=O) groups is 1. The molecular formula is C20H27N3O5. The SMILES string of the molecule is COCCOc1ccc(CNC(=O)NC(C)c2ccc(OC)c(OC)c2)cn1. The summed E-state index contributed by atoms with van der Waals surface area (Å²) >= 11 is 0. The van der Waals surface area contributed by atoms with Gasteiger partial charge in [-0.25, -0.2) is 9.78 Å². The van der Waals surface area contributed by atoms with E-state index in [0.717, 1.165) is 11.1 Å². The van der Waals surface area contributed by atoms with Gasteiger partial charge in [0.25, 0.3) is 0 Å². The average Bonchev–Trinajstić information content (AvgIpc) is 2.72. The highest BCUT2D eigenvalue weighted by Gasteiger charge is 2.12. The van der Waals surface area contributed by atoms with E-state index >= 15 is 0 Å². The molecule has 2 N–H and O–H groups in total. The van der Waals surface area contributed by atoms with E-state index in [9.17, 15) is 4.79 Å². The number of hydrogen-bond acceptors (Lipinski definition) is 6. The molecule has 8 nitrogen and oxygen atoms in total. The van der Waals surface area contributed by atoms with Crippen LogP contribution in [0.1, 0.15) is 24.1 Å². The van der Waals surface area contributed by atoms with Crippen LogP contribution in [0.5, 0.6) is 17.4 Å². The second-order valence-corrected chi connectivity index (χ2v) is 6.01. The Kier molecular flexibility index (Phi) is 8.36. The first kappa shape index (κ1) is 21.3. The molecule has 8 heteroatoms. The van der Waals surface area contributed by atoms with E-state index in [1.165, 1.54) is 0 Å². The van der Waals surface area contributed by atoms with Gasteiger partial charge < -0.3 is 29.6 Å². The second kappa shape index (κ2) is 11.0. The molecule has 2 amide bonds. The number of carbonyl (C=O) groups excluding carboxylic acids is 1. The van der Waals surface area contributed by atoms with Crippen molar-refractivity contribution in [3.05, 3.63) is 47.7 Å². The largest absolute Gasteiger partial charge is 0.493 e. The van der Waals surface area contributed by atoms with Gasteiger partial charge in [0.05, 0.1) is 26.9 Å². The van der Waals surface area contributed by atoms with Crippen LogP contribution in [0.4, 0.5) is 4.79 Å². The van der Waals surface area contributed by atoms with Crippen LogP contribution < -0.4 is 24.8 Å². The predicted octanol–water partition coefficient (Wildman–Crippen LogP) is 2.68. The minimum absolute atomic E-state index is 0.200. The van der Waals surface area contributed by atoms with E-state index in [2.05, 4.69) is 15.6 Å². The molecule has 1 heterocycles. The zero-order valence-electron chi connectivity index (χ0n) is 16.7. The summed E-state index contributed by atoms with van der Waals surface area (Å²) < 4.78 is 20.9. The maximum atomic E-state index is 12.2. The highest BCUT2D eigenvalue weighted by Crippen LogP contribution is 2.29. The molecule has 1 aromatic carbocycles. The number of nitrogens with one attached hydrogen (secondary N) is 2. The van der Waals surface area contributed by atoms with Crippen molar-refractivity contribution in [1.29, 1.82) is 0 Å². The zero-order valence-corrected chi connectivity index (χ0v) is 16.7. The molecule has 1 atom stereocenters. The van der Waals surface area contributed by atoms with Gasteiger partial charge in [-0.1, -0.05) is 12.1 Å². The van der Waals surface area contributed by atoms with E-state index in [1.54, 1.807) is 33.6 Å². The number of nitrogens with zero attached hydrogens (tertiary/aromatic N) is 1. The van der Waals surface area contributed by atoms with Gasteiger partial charge >= 0.3 is 6.03 Å². The molecular weight excluding hydrogens is 362 g/mol. The second-order valence-electron chi connectivity index (χ2n) is 6.01. The Hall–Kier alpha value is -3.00. The Bertz CT molecular complexity index is 752. The van der Waals surface area contributed by atoms with E-state index < -0.39 is 0 Å². The molecule has 152 valence electrons. The summed E-state index contributed by atoms with van der Waals surface area (Å²) in [6.07, 6.45) is 1.67.